The first-order chi connectivity index (χ1) is 6.29. The second-order valence-electron chi connectivity index (χ2n) is 1.89. The van der Waals surface area contributed by atoms with Crippen molar-refractivity contribution in [2.75, 3.05) is 12.5 Å². The maximum absolute atomic E-state index is 5.17. The first-order valence-electron chi connectivity index (χ1n) is 3.34. The van der Waals surface area contributed by atoms with Crippen LogP contribution in [0, 0.1) is 0 Å². The maximum atomic E-state index is 5.17. The van der Waals surface area contributed by atoms with Crippen LogP contribution in [0.15, 0.2) is 12.7 Å². The predicted molar refractivity (Wildman–Crippen MR) is 60.4 cm³/mol. The van der Waals surface area contributed by atoms with Gasteiger partial charge in [0, 0.05) is 12.5 Å². The van der Waals surface area contributed by atoms with Crippen LogP contribution in [0.2, 0.25) is 0 Å². The lowest BCUT2D eigenvalue weighted by Crippen LogP contribution is -2.18. The third-order valence-corrected chi connectivity index (χ3v) is 3.70. The summed E-state index contributed by atoms with van der Waals surface area (Å²) < 4.78 is 1.87. The summed E-state index contributed by atoms with van der Waals surface area (Å²) in [6.07, 6.45) is 6.77. The molecule has 1 rings (SSSR count). The predicted octanol–water partition coefficient (Wildman–Crippen LogP) is 1.41. The molecule has 0 N–H and O–H groups in total. The Hall–Kier alpha value is -0.400. The molecule has 0 saturated carbocycles. The van der Waals surface area contributed by atoms with Gasteiger partial charge in [0.2, 0.25) is 0 Å². The molecule has 7 heteroatoms. The number of rotatable bonds is 3. The Balaban J connectivity index is 2.78. The zero-order valence-electron chi connectivity index (χ0n) is 7.17. The van der Waals surface area contributed by atoms with Crippen molar-refractivity contribution >= 4 is 41.1 Å². The molecule has 0 aliphatic heterocycles. The zero-order chi connectivity index (χ0) is 9.68. The number of thiocarbonyl (C=S) groups is 1. The van der Waals surface area contributed by atoms with Gasteiger partial charge in [-0.25, -0.2) is 18.7 Å². The lowest BCUT2D eigenvalue weighted by molar-refractivity contribution is 1.000. The van der Waals surface area contributed by atoms with Gasteiger partial charge < -0.3 is 0 Å². The van der Waals surface area contributed by atoms with Gasteiger partial charge in [-0.2, -0.15) is 0 Å². The fourth-order valence-corrected chi connectivity index (χ4v) is 2.32. The minimum absolute atomic E-state index is 0.536. The van der Waals surface area contributed by atoms with Gasteiger partial charge in [0.15, 0.2) is 10.8 Å². The third kappa shape index (κ3) is 2.78. The Morgan fingerprint density at radius 1 is 1.31 bits per heavy atom. The summed E-state index contributed by atoms with van der Waals surface area (Å²) in [5.41, 5.74) is 0. The maximum Gasteiger partial charge on any atom is 0.192 e. The molecular formula is C6H8N4S3. The number of nitrogens with zero attached hydrogens (tertiary/aromatic N) is 4. The Morgan fingerprint density at radius 3 is 2.31 bits per heavy atom. The van der Waals surface area contributed by atoms with E-state index in [-0.39, 0.29) is 0 Å². The van der Waals surface area contributed by atoms with E-state index in [0.717, 1.165) is 0 Å². The highest BCUT2D eigenvalue weighted by Crippen LogP contribution is 2.19. The summed E-state index contributed by atoms with van der Waals surface area (Å²) in [6.45, 7) is 0. The SMILES string of the molecule is CSN(SC)C(=S)c1ncncn1. The van der Waals surface area contributed by atoms with E-state index < -0.39 is 0 Å². The van der Waals surface area contributed by atoms with Crippen LogP contribution in [0.5, 0.6) is 0 Å². The second-order valence-corrected chi connectivity index (χ2v) is 3.97. The Kier molecular flexibility index (Phi) is 4.40. The fourth-order valence-electron chi connectivity index (χ4n) is 0.672. The highest BCUT2D eigenvalue weighted by atomic mass is 32.2. The van der Waals surface area contributed by atoms with Crippen LogP contribution in [0.3, 0.4) is 0 Å². The van der Waals surface area contributed by atoms with Crippen LogP contribution in [-0.2, 0) is 0 Å². The molecule has 13 heavy (non-hydrogen) atoms. The van der Waals surface area contributed by atoms with Crippen LogP contribution in [0.25, 0.3) is 0 Å². The molecule has 0 bridgehead atoms. The molecule has 0 amide bonds. The highest BCUT2D eigenvalue weighted by Gasteiger charge is 2.11. The van der Waals surface area contributed by atoms with Crippen molar-refractivity contribution < 1.29 is 0 Å². The number of aromatic nitrogens is 3. The molecule has 0 aromatic carbocycles. The van der Waals surface area contributed by atoms with Crippen molar-refractivity contribution in [2.24, 2.45) is 0 Å². The van der Waals surface area contributed by atoms with Crippen LogP contribution in [-0.4, -0.2) is 36.2 Å². The molecule has 0 radical (unpaired) electrons. The molecule has 1 aromatic heterocycles. The van der Waals surface area contributed by atoms with Gasteiger partial charge in [-0.15, -0.1) is 0 Å². The molecule has 0 aliphatic rings. The van der Waals surface area contributed by atoms with E-state index in [1.807, 2.05) is 16.2 Å². The van der Waals surface area contributed by atoms with Crippen LogP contribution in [0.1, 0.15) is 5.82 Å². The topological polar surface area (TPSA) is 41.9 Å². The van der Waals surface area contributed by atoms with Gasteiger partial charge in [0.25, 0.3) is 0 Å². The van der Waals surface area contributed by atoms with E-state index in [4.69, 9.17) is 12.2 Å². The first-order valence-corrected chi connectivity index (χ1v) is 6.11. The minimum atomic E-state index is 0.536. The Morgan fingerprint density at radius 2 is 1.85 bits per heavy atom. The average Bonchev–Trinajstić information content (AvgIpc) is 2.21. The molecule has 0 fully saturated rings. The molecular weight excluding hydrogens is 224 g/mol. The molecule has 0 aliphatic carbocycles. The Labute approximate surface area is 90.8 Å². The molecule has 0 atom stereocenters. The first kappa shape index (κ1) is 10.7. The van der Waals surface area contributed by atoms with Gasteiger partial charge in [0.05, 0.1) is 0 Å². The number of hydrogen-bond donors (Lipinski definition) is 0. The van der Waals surface area contributed by atoms with E-state index in [1.165, 1.54) is 36.6 Å². The van der Waals surface area contributed by atoms with Crippen LogP contribution in [0.4, 0.5) is 0 Å². The number of hydrogen-bond acceptors (Lipinski definition) is 6. The minimum Gasteiger partial charge on any atom is -0.245 e. The quantitative estimate of drug-likeness (QED) is 0.576. The highest BCUT2D eigenvalue weighted by molar-refractivity contribution is 8.13. The van der Waals surface area contributed by atoms with E-state index in [9.17, 15) is 0 Å². The summed E-state index contributed by atoms with van der Waals surface area (Å²) >= 11 is 8.23. The third-order valence-electron chi connectivity index (χ3n) is 1.18. The average molecular weight is 232 g/mol. The van der Waals surface area contributed by atoms with E-state index in [2.05, 4.69) is 15.0 Å². The molecule has 1 heterocycles. The van der Waals surface area contributed by atoms with Gasteiger partial charge >= 0.3 is 0 Å². The second kappa shape index (κ2) is 5.36. The summed E-state index contributed by atoms with van der Waals surface area (Å²) in [5, 5.41) is 0. The summed E-state index contributed by atoms with van der Waals surface area (Å²) in [4.78, 5) is 12.3. The van der Waals surface area contributed by atoms with Crippen LogP contribution >= 0.6 is 36.1 Å². The van der Waals surface area contributed by atoms with Gasteiger partial charge in [0.1, 0.15) is 12.7 Å². The lowest BCUT2D eigenvalue weighted by atomic mass is 10.6. The molecule has 70 valence electrons. The molecule has 4 nitrogen and oxygen atoms in total. The van der Waals surface area contributed by atoms with E-state index in [0.29, 0.717) is 10.8 Å². The van der Waals surface area contributed by atoms with Crippen molar-refractivity contribution in [1.29, 1.82) is 0 Å². The largest absolute Gasteiger partial charge is 0.245 e. The van der Waals surface area contributed by atoms with E-state index in [1.54, 1.807) is 0 Å². The van der Waals surface area contributed by atoms with Crippen molar-refractivity contribution in [3.05, 3.63) is 18.5 Å². The normalized spacial score (nSPS) is 9.69. The van der Waals surface area contributed by atoms with Crippen molar-refractivity contribution in [3.8, 4) is 0 Å². The standard InChI is InChI=1S/C6H8N4S3/c1-12-10(13-2)6(11)5-8-3-7-4-9-5/h3-4H,1-2H3. The zero-order valence-corrected chi connectivity index (χ0v) is 9.62. The molecule has 0 saturated heterocycles. The van der Waals surface area contributed by atoms with Crippen LogP contribution < -0.4 is 0 Å². The summed E-state index contributed by atoms with van der Waals surface area (Å²) in [7, 11) is 0. The smallest absolute Gasteiger partial charge is 0.192 e. The van der Waals surface area contributed by atoms with Gasteiger partial charge in [-0.1, -0.05) is 12.2 Å². The Bertz CT molecular complexity index is 274. The van der Waals surface area contributed by atoms with Crippen molar-refractivity contribution in [3.63, 3.8) is 0 Å². The van der Waals surface area contributed by atoms with Gasteiger partial charge in [-0.3, -0.25) is 0 Å². The lowest BCUT2D eigenvalue weighted by Gasteiger charge is -2.16. The van der Waals surface area contributed by atoms with Gasteiger partial charge in [-0.05, 0) is 23.9 Å². The molecule has 0 spiro atoms. The molecule has 0 unspecified atom stereocenters. The summed E-state index contributed by atoms with van der Waals surface area (Å²) in [6, 6.07) is 0. The van der Waals surface area contributed by atoms with Crippen molar-refractivity contribution in [1.82, 2.24) is 18.7 Å². The van der Waals surface area contributed by atoms with Crippen molar-refractivity contribution in [2.45, 2.75) is 0 Å². The monoisotopic (exact) mass is 232 g/mol. The molecule has 1 aromatic rings. The summed E-state index contributed by atoms with van der Waals surface area (Å²) in [5.74, 6) is 0.536. The van der Waals surface area contributed by atoms with E-state index >= 15 is 0 Å². The fraction of sp³-hybridized carbons (Fsp3) is 0.333.